The molecule has 158 valence electrons. The van der Waals surface area contributed by atoms with Crippen LogP contribution in [0.25, 0.3) is 0 Å². The van der Waals surface area contributed by atoms with Gasteiger partial charge in [-0.2, -0.15) is 0 Å². The van der Waals surface area contributed by atoms with Crippen LogP contribution in [0.5, 0.6) is 0 Å². The minimum atomic E-state index is -0.635. The summed E-state index contributed by atoms with van der Waals surface area (Å²) in [6.45, 7) is 2.57. The van der Waals surface area contributed by atoms with Crippen LogP contribution < -0.4 is 10.6 Å². The molecule has 1 saturated heterocycles. The zero-order valence-corrected chi connectivity index (χ0v) is 17.2. The Labute approximate surface area is 172 Å². The third-order valence-corrected chi connectivity index (χ3v) is 6.05. The van der Waals surface area contributed by atoms with Crippen molar-refractivity contribution in [2.24, 2.45) is 11.8 Å². The van der Waals surface area contributed by atoms with Gasteiger partial charge in [-0.25, -0.2) is 0 Å². The van der Waals surface area contributed by atoms with E-state index in [-0.39, 0.29) is 30.1 Å². The maximum absolute atomic E-state index is 13.1. The van der Waals surface area contributed by atoms with Gasteiger partial charge in [0.2, 0.25) is 5.91 Å². The molecule has 2 amide bonds. The van der Waals surface area contributed by atoms with Crippen molar-refractivity contribution < 1.29 is 19.1 Å². The lowest BCUT2D eigenvalue weighted by Gasteiger charge is -2.32. The van der Waals surface area contributed by atoms with E-state index >= 15 is 0 Å². The molecule has 2 N–H and O–H groups in total. The van der Waals surface area contributed by atoms with Crippen LogP contribution in [0.4, 0.5) is 0 Å². The fourth-order valence-corrected chi connectivity index (χ4v) is 4.47. The minimum absolute atomic E-state index is 0.0119. The van der Waals surface area contributed by atoms with Crippen LogP contribution in [0.15, 0.2) is 30.3 Å². The van der Waals surface area contributed by atoms with Crippen molar-refractivity contribution in [3.05, 3.63) is 35.9 Å². The Morgan fingerprint density at radius 2 is 1.90 bits per heavy atom. The number of ketones is 1. The lowest BCUT2D eigenvalue weighted by atomic mass is 9.90. The first-order valence-corrected chi connectivity index (χ1v) is 10.8. The normalized spacial score (nSPS) is 23.6. The molecule has 1 saturated carbocycles. The molecule has 3 rings (SSSR count). The first kappa shape index (κ1) is 21.5. The van der Waals surface area contributed by atoms with Gasteiger partial charge in [0.05, 0.1) is 12.6 Å². The molecule has 6 heteroatoms. The van der Waals surface area contributed by atoms with Crippen LogP contribution >= 0.6 is 0 Å². The van der Waals surface area contributed by atoms with Gasteiger partial charge in [-0.1, -0.05) is 57.2 Å². The largest absolute Gasteiger partial charge is 0.373 e. The summed E-state index contributed by atoms with van der Waals surface area (Å²) in [5, 5.41) is 5.87. The van der Waals surface area contributed by atoms with Crippen molar-refractivity contribution in [1.82, 2.24) is 10.6 Å². The van der Waals surface area contributed by atoms with E-state index in [2.05, 4.69) is 17.6 Å². The summed E-state index contributed by atoms with van der Waals surface area (Å²) in [5.41, 5.74) is 0.530. The highest BCUT2D eigenvalue weighted by atomic mass is 16.5. The minimum Gasteiger partial charge on any atom is -0.373 e. The molecule has 2 fully saturated rings. The molecule has 1 aromatic rings. The van der Waals surface area contributed by atoms with Gasteiger partial charge in [0.15, 0.2) is 5.78 Å². The van der Waals surface area contributed by atoms with Gasteiger partial charge >= 0.3 is 0 Å². The van der Waals surface area contributed by atoms with E-state index in [1.54, 1.807) is 24.3 Å². The molecule has 3 atom stereocenters. The number of Topliss-reactive ketones (excluding diaryl/α,β-unsaturated/α-hetero) is 1. The van der Waals surface area contributed by atoms with Crippen LogP contribution in [0.3, 0.4) is 0 Å². The fraction of sp³-hybridized carbons (Fsp3) is 0.609. The van der Waals surface area contributed by atoms with Crippen molar-refractivity contribution in [2.75, 3.05) is 13.2 Å². The summed E-state index contributed by atoms with van der Waals surface area (Å²) in [4.78, 5) is 38.2. The second kappa shape index (κ2) is 10.5. The predicted molar refractivity (Wildman–Crippen MR) is 110 cm³/mol. The monoisotopic (exact) mass is 400 g/mol. The highest BCUT2D eigenvalue weighted by Crippen LogP contribution is 2.29. The van der Waals surface area contributed by atoms with Crippen LogP contribution in [0.1, 0.15) is 62.2 Å². The highest BCUT2D eigenvalue weighted by molar-refractivity contribution is 5.98. The molecule has 0 bridgehead atoms. The van der Waals surface area contributed by atoms with Crippen molar-refractivity contribution in [3.63, 3.8) is 0 Å². The maximum atomic E-state index is 13.1. The molecule has 1 heterocycles. The Morgan fingerprint density at radius 1 is 1.17 bits per heavy atom. The number of carbonyl (C=O) groups excluding carboxylic acids is 3. The zero-order valence-electron chi connectivity index (χ0n) is 17.2. The van der Waals surface area contributed by atoms with E-state index in [1.165, 1.54) is 12.8 Å². The zero-order chi connectivity index (χ0) is 20.6. The van der Waals surface area contributed by atoms with E-state index in [1.807, 2.05) is 6.07 Å². The third kappa shape index (κ3) is 5.89. The second-order valence-corrected chi connectivity index (χ2v) is 8.29. The number of ether oxygens (including phenoxy) is 1. The number of benzene rings is 1. The third-order valence-electron chi connectivity index (χ3n) is 6.05. The van der Waals surface area contributed by atoms with Crippen molar-refractivity contribution >= 4 is 17.6 Å². The molecule has 6 nitrogen and oxygen atoms in total. The van der Waals surface area contributed by atoms with Crippen molar-refractivity contribution in [3.8, 4) is 0 Å². The second-order valence-electron chi connectivity index (χ2n) is 8.29. The fourth-order valence-electron chi connectivity index (χ4n) is 4.47. The van der Waals surface area contributed by atoms with Crippen molar-refractivity contribution in [1.29, 1.82) is 0 Å². The SMILES string of the molecule is CCCC1COCC(=O)C1NC(=O)[C@H](CC1CCCC1)NC(=O)c1ccccc1. The molecule has 0 radical (unpaired) electrons. The molecule has 29 heavy (non-hydrogen) atoms. The Morgan fingerprint density at radius 3 is 2.59 bits per heavy atom. The Bertz CT molecular complexity index is 698. The summed E-state index contributed by atoms with van der Waals surface area (Å²) in [6.07, 6.45) is 6.86. The van der Waals surface area contributed by atoms with E-state index in [9.17, 15) is 14.4 Å². The van der Waals surface area contributed by atoms with Gasteiger partial charge < -0.3 is 15.4 Å². The van der Waals surface area contributed by atoms with E-state index in [0.29, 0.717) is 24.5 Å². The van der Waals surface area contributed by atoms with E-state index in [4.69, 9.17) is 4.74 Å². The summed E-state index contributed by atoms with van der Waals surface area (Å²) in [6, 6.07) is 7.76. The average Bonchev–Trinajstić information content (AvgIpc) is 3.24. The van der Waals surface area contributed by atoms with Gasteiger partial charge in [-0.3, -0.25) is 14.4 Å². The van der Waals surface area contributed by atoms with Gasteiger partial charge in [0.25, 0.3) is 5.91 Å². The van der Waals surface area contributed by atoms with Crippen molar-refractivity contribution in [2.45, 2.75) is 64.0 Å². The molecular formula is C23H32N2O4. The lowest BCUT2D eigenvalue weighted by molar-refractivity contribution is -0.138. The summed E-state index contributed by atoms with van der Waals surface area (Å²) in [5.74, 6) is -0.187. The Kier molecular flexibility index (Phi) is 7.81. The van der Waals surface area contributed by atoms with Gasteiger partial charge in [-0.05, 0) is 30.9 Å². The number of nitrogens with one attached hydrogen (secondary N) is 2. The molecule has 1 aromatic carbocycles. The summed E-state index contributed by atoms with van der Waals surface area (Å²) >= 11 is 0. The van der Waals surface area contributed by atoms with Crippen LogP contribution in [0, 0.1) is 11.8 Å². The van der Waals surface area contributed by atoms with Gasteiger partial charge in [-0.15, -0.1) is 0 Å². The number of hydrogen-bond acceptors (Lipinski definition) is 4. The van der Waals surface area contributed by atoms with Crippen LogP contribution in [-0.4, -0.2) is 42.9 Å². The standard InChI is InChI=1S/C23H32N2O4/c1-2-8-18-14-29-15-20(26)21(18)25-23(28)19(13-16-9-6-7-10-16)24-22(27)17-11-4-3-5-12-17/h3-5,11-12,16,18-19,21H,2,6-10,13-15H2,1H3,(H,24,27)(H,25,28)/t18?,19-,21?/m0/s1. The van der Waals surface area contributed by atoms with Gasteiger partial charge in [0, 0.05) is 11.5 Å². The molecule has 2 unspecified atom stereocenters. The molecule has 1 aliphatic heterocycles. The van der Waals surface area contributed by atoms with E-state index < -0.39 is 12.1 Å². The summed E-state index contributed by atoms with van der Waals surface area (Å²) < 4.78 is 5.38. The molecular weight excluding hydrogens is 368 g/mol. The molecule has 0 aromatic heterocycles. The molecule has 0 spiro atoms. The van der Waals surface area contributed by atoms with Crippen LogP contribution in [-0.2, 0) is 14.3 Å². The smallest absolute Gasteiger partial charge is 0.251 e. The number of rotatable bonds is 8. The van der Waals surface area contributed by atoms with Gasteiger partial charge in [0.1, 0.15) is 12.6 Å². The quantitative estimate of drug-likeness (QED) is 0.703. The number of amides is 2. The predicted octanol–water partition coefficient (Wildman–Crippen LogP) is 2.87. The van der Waals surface area contributed by atoms with Crippen LogP contribution in [0.2, 0.25) is 0 Å². The van der Waals surface area contributed by atoms with E-state index in [0.717, 1.165) is 25.7 Å². The summed E-state index contributed by atoms with van der Waals surface area (Å²) in [7, 11) is 0. The number of hydrogen-bond donors (Lipinski definition) is 2. The molecule has 1 aliphatic carbocycles. The topological polar surface area (TPSA) is 84.5 Å². The maximum Gasteiger partial charge on any atom is 0.251 e. The molecule has 2 aliphatic rings. The Hall–Kier alpha value is -2.21. The Balaban J connectivity index is 1.70. The first-order chi connectivity index (χ1) is 14.1. The average molecular weight is 401 g/mol. The first-order valence-electron chi connectivity index (χ1n) is 10.8. The number of carbonyl (C=O) groups is 3. The lowest BCUT2D eigenvalue weighted by Crippen LogP contribution is -2.57. The highest BCUT2D eigenvalue weighted by Gasteiger charge is 2.36.